The maximum absolute atomic E-state index is 12.9. The van der Waals surface area contributed by atoms with Crippen molar-refractivity contribution in [2.45, 2.75) is 26.3 Å². The van der Waals surface area contributed by atoms with E-state index >= 15 is 0 Å². The topological polar surface area (TPSA) is 52.7 Å². The molecule has 0 bridgehead atoms. The van der Waals surface area contributed by atoms with Crippen LogP contribution in [0.25, 0.3) is 0 Å². The predicted octanol–water partition coefficient (Wildman–Crippen LogP) is 3.18. The second-order valence-electron chi connectivity index (χ2n) is 7.90. The molecule has 0 radical (unpaired) electrons. The Labute approximate surface area is 161 Å². The van der Waals surface area contributed by atoms with Gasteiger partial charge in [-0.1, -0.05) is 24.3 Å². The first-order valence-electron chi connectivity index (χ1n) is 9.35. The van der Waals surface area contributed by atoms with E-state index < -0.39 is 0 Å². The van der Waals surface area contributed by atoms with Crippen molar-refractivity contribution in [1.82, 2.24) is 10.2 Å². The third kappa shape index (κ3) is 4.88. The van der Waals surface area contributed by atoms with Gasteiger partial charge in [-0.25, -0.2) is 0 Å². The van der Waals surface area contributed by atoms with Crippen LogP contribution in [0.4, 0.5) is 5.69 Å². The maximum Gasteiger partial charge on any atom is 0.253 e. The van der Waals surface area contributed by atoms with Crippen LogP contribution in [-0.4, -0.2) is 48.4 Å². The van der Waals surface area contributed by atoms with E-state index in [0.29, 0.717) is 24.2 Å². The first-order chi connectivity index (χ1) is 12.8. The molecular weight excluding hydrogens is 338 g/mol. The van der Waals surface area contributed by atoms with Crippen LogP contribution in [-0.2, 0) is 0 Å². The Morgan fingerprint density at radius 2 is 1.48 bits per heavy atom. The number of para-hydroxylation sites is 1. The van der Waals surface area contributed by atoms with Crippen LogP contribution in [0.1, 0.15) is 41.5 Å². The van der Waals surface area contributed by atoms with Gasteiger partial charge in [-0.2, -0.15) is 0 Å². The Hall–Kier alpha value is -2.82. The standard InChI is InChI=1S/C22H27N3O2/c1-22(2,3)23-20(26)17-8-7-9-18(16-17)21(27)25-14-12-24(13-15-25)19-10-5-4-6-11-19/h4-11,16H,12-15H2,1-3H3,(H,23,26). The van der Waals surface area contributed by atoms with Crippen molar-refractivity contribution >= 4 is 17.5 Å². The SMILES string of the molecule is CC(C)(C)NC(=O)c1cccc(C(=O)N2CCN(c3ccccc3)CC2)c1. The quantitative estimate of drug-likeness (QED) is 0.909. The molecule has 2 amide bonds. The lowest BCUT2D eigenvalue weighted by Gasteiger charge is -2.36. The van der Waals surface area contributed by atoms with E-state index in [-0.39, 0.29) is 17.4 Å². The van der Waals surface area contributed by atoms with Crippen molar-refractivity contribution in [3.05, 3.63) is 65.7 Å². The number of nitrogens with one attached hydrogen (secondary N) is 1. The third-order valence-electron chi connectivity index (χ3n) is 4.55. The first kappa shape index (κ1) is 19.0. The van der Waals surface area contributed by atoms with Gasteiger partial charge in [0.05, 0.1) is 0 Å². The summed E-state index contributed by atoms with van der Waals surface area (Å²) >= 11 is 0. The van der Waals surface area contributed by atoms with Gasteiger partial charge in [-0.3, -0.25) is 9.59 Å². The van der Waals surface area contributed by atoms with Gasteiger partial charge >= 0.3 is 0 Å². The second-order valence-corrected chi connectivity index (χ2v) is 7.90. The van der Waals surface area contributed by atoms with E-state index in [9.17, 15) is 9.59 Å². The molecular formula is C22H27N3O2. The van der Waals surface area contributed by atoms with Crippen LogP contribution < -0.4 is 10.2 Å². The summed E-state index contributed by atoms with van der Waals surface area (Å²) < 4.78 is 0. The summed E-state index contributed by atoms with van der Waals surface area (Å²) in [7, 11) is 0. The highest BCUT2D eigenvalue weighted by Crippen LogP contribution is 2.17. The Balaban J connectivity index is 1.65. The molecule has 2 aromatic carbocycles. The molecule has 1 fully saturated rings. The van der Waals surface area contributed by atoms with Gasteiger partial charge in [0.1, 0.15) is 0 Å². The number of nitrogens with zero attached hydrogens (tertiary/aromatic N) is 2. The van der Waals surface area contributed by atoms with E-state index in [2.05, 4.69) is 22.3 Å². The average molecular weight is 365 g/mol. The Bertz CT molecular complexity index is 804. The Morgan fingerprint density at radius 1 is 0.852 bits per heavy atom. The van der Waals surface area contributed by atoms with Gasteiger partial charge in [0, 0.05) is 48.5 Å². The van der Waals surface area contributed by atoms with Crippen LogP contribution in [0.3, 0.4) is 0 Å². The normalized spacial score (nSPS) is 14.8. The monoisotopic (exact) mass is 365 g/mol. The summed E-state index contributed by atoms with van der Waals surface area (Å²) in [4.78, 5) is 29.4. The van der Waals surface area contributed by atoms with Crippen molar-refractivity contribution in [3.8, 4) is 0 Å². The summed E-state index contributed by atoms with van der Waals surface area (Å²) in [6, 6.07) is 17.2. The van der Waals surface area contributed by atoms with E-state index in [4.69, 9.17) is 0 Å². The lowest BCUT2D eigenvalue weighted by Crippen LogP contribution is -2.48. The molecule has 0 saturated carbocycles. The fraction of sp³-hybridized carbons (Fsp3) is 0.364. The zero-order valence-electron chi connectivity index (χ0n) is 16.2. The predicted molar refractivity (Wildman–Crippen MR) is 108 cm³/mol. The van der Waals surface area contributed by atoms with Crippen LogP contribution in [0.2, 0.25) is 0 Å². The van der Waals surface area contributed by atoms with Crippen LogP contribution in [0.15, 0.2) is 54.6 Å². The van der Waals surface area contributed by atoms with E-state index in [0.717, 1.165) is 13.1 Å². The van der Waals surface area contributed by atoms with Crippen LogP contribution in [0.5, 0.6) is 0 Å². The Morgan fingerprint density at radius 3 is 2.11 bits per heavy atom. The number of piperazine rings is 1. The minimum Gasteiger partial charge on any atom is -0.368 e. The molecule has 142 valence electrons. The molecule has 0 aliphatic carbocycles. The first-order valence-corrected chi connectivity index (χ1v) is 9.35. The molecule has 1 saturated heterocycles. The lowest BCUT2D eigenvalue weighted by atomic mass is 10.1. The summed E-state index contributed by atoms with van der Waals surface area (Å²) in [6.45, 7) is 8.77. The molecule has 0 atom stereocenters. The van der Waals surface area contributed by atoms with E-state index in [1.807, 2.05) is 43.9 Å². The highest BCUT2D eigenvalue weighted by molar-refractivity contribution is 6.00. The largest absolute Gasteiger partial charge is 0.368 e. The van der Waals surface area contributed by atoms with Crippen LogP contribution >= 0.6 is 0 Å². The van der Waals surface area contributed by atoms with Crippen molar-refractivity contribution in [1.29, 1.82) is 0 Å². The molecule has 2 aromatic rings. The number of anilines is 1. The molecule has 5 heteroatoms. The molecule has 1 heterocycles. The number of hydrogen-bond acceptors (Lipinski definition) is 3. The van der Waals surface area contributed by atoms with Crippen molar-refractivity contribution in [3.63, 3.8) is 0 Å². The number of carbonyl (C=O) groups is 2. The van der Waals surface area contributed by atoms with Gasteiger partial charge < -0.3 is 15.1 Å². The minimum atomic E-state index is -0.315. The molecule has 3 rings (SSSR count). The Kier molecular flexibility index (Phi) is 5.49. The van der Waals surface area contributed by atoms with Gasteiger partial charge in [0.15, 0.2) is 0 Å². The highest BCUT2D eigenvalue weighted by atomic mass is 16.2. The molecule has 5 nitrogen and oxygen atoms in total. The van der Waals surface area contributed by atoms with Crippen molar-refractivity contribution in [2.24, 2.45) is 0 Å². The zero-order chi connectivity index (χ0) is 19.4. The summed E-state index contributed by atoms with van der Waals surface area (Å²) in [5.74, 6) is -0.181. The number of amides is 2. The molecule has 27 heavy (non-hydrogen) atoms. The second kappa shape index (κ2) is 7.82. The molecule has 0 spiro atoms. The van der Waals surface area contributed by atoms with Crippen LogP contribution in [0, 0.1) is 0 Å². The fourth-order valence-electron chi connectivity index (χ4n) is 3.20. The van der Waals surface area contributed by atoms with Gasteiger partial charge in [-0.05, 0) is 51.1 Å². The number of carbonyl (C=O) groups excluding carboxylic acids is 2. The number of benzene rings is 2. The molecule has 1 aliphatic rings. The van der Waals surface area contributed by atoms with Gasteiger partial charge in [-0.15, -0.1) is 0 Å². The van der Waals surface area contributed by atoms with Crippen molar-refractivity contribution < 1.29 is 9.59 Å². The minimum absolute atomic E-state index is 0.0203. The smallest absolute Gasteiger partial charge is 0.253 e. The number of rotatable bonds is 3. The van der Waals surface area contributed by atoms with Gasteiger partial charge in [0.2, 0.25) is 0 Å². The molecule has 1 aliphatic heterocycles. The van der Waals surface area contributed by atoms with Crippen molar-refractivity contribution in [2.75, 3.05) is 31.1 Å². The highest BCUT2D eigenvalue weighted by Gasteiger charge is 2.23. The summed E-state index contributed by atoms with van der Waals surface area (Å²) in [6.07, 6.45) is 0. The third-order valence-corrected chi connectivity index (χ3v) is 4.55. The summed E-state index contributed by atoms with van der Waals surface area (Å²) in [5, 5.41) is 2.93. The van der Waals surface area contributed by atoms with E-state index in [1.54, 1.807) is 24.3 Å². The number of hydrogen-bond donors (Lipinski definition) is 1. The zero-order valence-corrected chi connectivity index (χ0v) is 16.2. The summed E-state index contributed by atoms with van der Waals surface area (Å²) in [5.41, 5.74) is 1.94. The fourth-order valence-corrected chi connectivity index (χ4v) is 3.20. The molecule has 1 N–H and O–H groups in total. The lowest BCUT2D eigenvalue weighted by molar-refractivity contribution is 0.0747. The molecule has 0 aromatic heterocycles. The maximum atomic E-state index is 12.9. The average Bonchev–Trinajstić information content (AvgIpc) is 2.67. The van der Waals surface area contributed by atoms with E-state index in [1.165, 1.54) is 5.69 Å². The van der Waals surface area contributed by atoms with Gasteiger partial charge in [0.25, 0.3) is 11.8 Å². The molecule has 0 unspecified atom stereocenters.